The van der Waals surface area contributed by atoms with Crippen molar-refractivity contribution in [3.05, 3.63) is 52.6 Å². The molecule has 0 fully saturated rings. The summed E-state index contributed by atoms with van der Waals surface area (Å²) in [6.45, 7) is 13.3. The third-order valence-corrected chi connectivity index (χ3v) is 6.56. The van der Waals surface area contributed by atoms with Gasteiger partial charge in [-0.1, -0.05) is 45.9 Å². The second-order valence-electron chi connectivity index (χ2n) is 9.17. The molecule has 0 saturated carbocycles. The molecule has 0 saturated heterocycles. The summed E-state index contributed by atoms with van der Waals surface area (Å²) in [4.78, 5) is 2.29. The molecule has 4 rings (SSSR count). The van der Waals surface area contributed by atoms with Crippen LogP contribution in [0.1, 0.15) is 69.3 Å². The zero-order valence-corrected chi connectivity index (χ0v) is 19.0. The van der Waals surface area contributed by atoms with Crippen molar-refractivity contribution in [2.45, 2.75) is 71.8 Å². The Hall–Kier alpha value is -2.34. The molecule has 31 heavy (non-hydrogen) atoms. The summed E-state index contributed by atoms with van der Waals surface area (Å²) in [5.74, 6) is 0.244. The Labute approximate surface area is 183 Å². The Morgan fingerprint density at radius 2 is 1.90 bits per heavy atom. The van der Waals surface area contributed by atoms with Crippen molar-refractivity contribution < 1.29 is 18.3 Å². The van der Waals surface area contributed by atoms with Crippen molar-refractivity contribution in [1.82, 2.24) is 5.32 Å². The van der Waals surface area contributed by atoms with Crippen molar-refractivity contribution in [3.8, 4) is 11.5 Å². The highest BCUT2D eigenvalue weighted by molar-refractivity contribution is 5.63. The summed E-state index contributed by atoms with van der Waals surface area (Å²) >= 11 is 0. The van der Waals surface area contributed by atoms with Gasteiger partial charge in [-0.3, -0.25) is 0 Å². The molecule has 1 unspecified atom stereocenters. The first kappa shape index (κ1) is 21.9. The predicted octanol–water partition coefficient (Wildman–Crippen LogP) is 5.93. The fourth-order valence-electron chi connectivity index (χ4n) is 4.77. The van der Waals surface area contributed by atoms with Gasteiger partial charge in [0.05, 0.1) is 0 Å². The maximum atomic E-state index is 13.7. The van der Waals surface area contributed by atoms with Gasteiger partial charge < -0.3 is 19.7 Å². The van der Waals surface area contributed by atoms with E-state index in [0.29, 0.717) is 12.1 Å². The quantitative estimate of drug-likeness (QED) is 0.616. The van der Waals surface area contributed by atoms with E-state index in [0.717, 1.165) is 25.9 Å². The minimum Gasteiger partial charge on any atom is -0.395 e. The van der Waals surface area contributed by atoms with Crippen LogP contribution in [0.2, 0.25) is 0 Å². The number of fused-ring (bicyclic) bond motifs is 2. The van der Waals surface area contributed by atoms with Gasteiger partial charge in [0.15, 0.2) is 11.5 Å². The highest BCUT2D eigenvalue weighted by Gasteiger charge is 2.44. The number of nitrogens with one attached hydrogen (secondary N) is 1. The molecule has 2 aliphatic rings. The van der Waals surface area contributed by atoms with E-state index in [1.165, 1.54) is 28.4 Å². The lowest BCUT2D eigenvalue weighted by atomic mass is 9.75. The number of hydrogen-bond donors (Lipinski definition) is 1. The minimum atomic E-state index is -3.61. The summed E-state index contributed by atoms with van der Waals surface area (Å²) in [6.07, 6.45) is -1.64. The number of anilines is 1. The van der Waals surface area contributed by atoms with E-state index in [1.54, 1.807) is 6.07 Å². The summed E-state index contributed by atoms with van der Waals surface area (Å²) in [5, 5.41) is 3.53. The molecule has 0 spiro atoms. The highest BCUT2D eigenvalue weighted by atomic mass is 19.3. The molecule has 0 radical (unpaired) electrons. The zero-order valence-electron chi connectivity index (χ0n) is 19.0. The van der Waals surface area contributed by atoms with Crippen LogP contribution in [0.3, 0.4) is 0 Å². The summed E-state index contributed by atoms with van der Waals surface area (Å²) in [7, 11) is 0. The molecule has 168 valence electrons. The Balaban J connectivity index is 1.75. The monoisotopic (exact) mass is 430 g/mol. The molecule has 0 aromatic heterocycles. The molecule has 4 nitrogen and oxygen atoms in total. The van der Waals surface area contributed by atoms with E-state index in [1.807, 2.05) is 6.07 Å². The molecular formula is C25H32F2N2O2. The number of aryl methyl sites for hydroxylation is 1. The maximum Gasteiger partial charge on any atom is 0.586 e. The number of para-hydroxylation sites is 1. The second kappa shape index (κ2) is 7.97. The topological polar surface area (TPSA) is 33.7 Å². The normalized spacial score (nSPS) is 19.3. The molecule has 0 aliphatic carbocycles. The Kier molecular flexibility index (Phi) is 5.63. The lowest BCUT2D eigenvalue weighted by Crippen LogP contribution is -2.37. The van der Waals surface area contributed by atoms with E-state index in [4.69, 9.17) is 4.74 Å². The first-order chi connectivity index (χ1) is 14.6. The first-order valence-electron chi connectivity index (χ1n) is 11.2. The minimum absolute atomic E-state index is 0.0565. The summed E-state index contributed by atoms with van der Waals surface area (Å²) < 4.78 is 36.8. The second-order valence-corrected chi connectivity index (χ2v) is 9.17. The third-order valence-electron chi connectivity index (χ3n) is 6.56. The molecule has 2 aliphatic heterocycles. The fraction of sp³-hybridized carbons (Fsp3) is 0.520. The molecular weight excluding hydrogens is 398 g/mol. The Morgan fingerprint density at radius 1 is 1.13 bits per heavy atom. The van der Waals surface area contributed by atoms with Crippen LogP contribution < -0.4 is 19.7 Å². The van der Waals surface area contributed by atoms with Crippen molar-refractivity contribution in [1.29, 1.82) is 0 Å². The standard InChI is InChI=1S/C25H32F2N2O2/c1-6-17-13-20-21(14-19(17)16(3)28-7-2)29(12-11-24(20,4)5)15-18-9-8-10-22-23(18)31-25(26,27)30-22/h8-10,13-14,16,28H,6-7,11-12,15H2,1-5H3. The number of hydrogen-bond acceptors (Lipinski definition) is 4. The fourth-order valence-corrected chi connectivity index (χ4v) is 4.77. The number of halogens is 2. The van der Waals surface area contributed by atoms with Crippen LogP contribution >= 0.6 is 0 Å². The van der Waals surface area contributed by atoms with Crippen molar-refractivity contribution in [3.63, 3.8) is 0 Å². The van der Waals surface area contributed by atoms with Crippen molar-refractivity contribution in [2.24, 2.45) is 0 Å². The smallest absolute Gasteiger partial charge is 0.395 e. The van der Waals surface area contributed by atoms with Crippen LogP contribution in [0.4, 0.5) is 14.5 Å². The molecule has 0 amide bonds. The van der Waals surface area contributed by atoms with E-state index >= 15 is 0 Å². The van der Waals surface area contributed by atoms with Gasteiger partial charge in [-0.15, -0.1) is 8.78 Å². The Morgan fingerprint density at radius 3 is 2.61 bits per heavy atom. The first-order valence-corrected chi connectivity index (χ1v) is 11.2. The van der Waals surface area contributed by atoms with E-state index in [9.17, 15) is 8.78 Å². The maximum absolute atomic E-state index is 13.7. The largest absolute Gasteiger partial charge is 0.586 e. The number of ether oxygens (including phenoxy) is 2. The van der Waals surface area contributed by atoms with Crippen molar-refractivity contribution in [2.75, 3.05) is 18.0 Å². The van der Waals surface area contributed by atoms with Gasteiger partial charge in [-0.2, -0.15) is 0 Å². The van der Waals surface area contributed by atoms with Gasteiger partial charge in [0, 0.05) is 30.4 Å². The zero-order chi connectivity index (χ0) is 22.4. The average Bonchev–Trinajstić information content (AvgIpc) is 3.04. The third kappa shape index (κ3) is 4.10. The molecule has 2 heterocycles. The van der Waals surface area contributed by atoms with Crippen LogP contribution in [-0.2, 0) is 18.4 Å². The van der Waals surface area contributed by atoms with Gasteiger partial charge in [0.25, 0.3) is 0 Å². The molecule has 2 aromatic rings. The van der Waals surface area contributed by atoms with E-state index in [-0.39, 0.29) is 23.0 Å². The predicted molar refractivity (Wildman–Crippen MR) is 119 cm³/mol. The number of benzene rings is 2. The van der Waals surface area contributed by atoms with Crippen molar-refractivity contribution >= 4 is 5.69 Å². The van der Waals surface area contributed by atoms with Crippen LogP contribution in [0, 0.1) is 0 Å². The number of nitrogens with zero attached hydrogens (tertiary/aromatic N) is 1. The van der Waals surface area contributed by atoms with Gasteiger partial charge in [0.2, 0.25) is 0 Å². The molecule has 6 heteroatoms. The highest BCUT2D eigenvalue weighted by Crippen LogP contribution is 2.46. The SMILES string of the molecule is CCNC(C)c1cc2c(cc1CC)C(C)(C)CCN2Cc1cccc2c1OC(F)(F)O2. The summed E-state index contributed by atoms with van der Waals surface area (Å²) in [5.41, 5.74) is 5.92. The molecule has 1 atom stereocenters. The lowest BCUT2D eigenvalue weighted by molar-refractivity contribution is -0.286. The van der Waals surface area contributed by atoms with Crippen LogP contribution in [0.15, 0.2) is 30.3 Å². The molecule has 2 aromatic carbocycles. The van der Waals surface area contributed by atoms with Crippen LogP contribution in [-0.4, -0.2) is 19.4 Å². The summed E-state index contributed by atoms with van der Waals surface area (Å²) in [6, 6.07) is 10.0. The lowest BCUT2D eigenvalue weighted by Gasteiger charge is -2.41. The van der Waals surface area contributed by atoms with E-state index in [2.05, 4.69) is 61.7 Å². The van der Waals surface area contributed by atoms with Crippen LogP contribution in [0.25, 0.3) is 0 Å². The number of rotatable bonds is 6. The Bertz CT molecular complexity index is 974. The van der Waals surface area contributed by atoms with Gasteiger partial charge in [0.1, 0.15) is 0 Å². The molecule has 0 bridgehead atoms. The molecule has 1 N–H and O–H groups in total. The average molecular weight is 431 g/mol. The van der Waals surface area contributed by atoms with Gasteiger partial charge >= 0.3 is 6.29 Å². The number of alkyl halides is 2. The van der Waals surface area contributed by atoms with Crippen LogP contribution in [0.5, 0.6) is 11.5 Å². The van der Waals surface area contributed by atoms with E-state index < -0.39 is 6.29 Å². The van der Waals surface area contributed by atoms with Gasteiger partial charge in [-0.05, 0) is 60.5 Å². The van der Waals surface area contributed by atoms with Gasteiger partial charge in [-0.25, -0.2) is 0 Å².